The van der Waals surface area contributed by atoms with E-state index in [4.69, 9.17) is 21.4 Å². The van der Waals surface area contributed by atoms with Gasteiger partial charge in [-0.1, -0.05) is 11.6 Å². The predicted octanol–water partition coefficient (Wildman–Crippen LogP) is 1.06. The van der Waals surface area contributed by atoms with E-state index in [0.29, 0.717) is 11.0 Å². The summed E-state index contributed by atoms with van der Waals surface area (Å²) >= 11 is 5.94. The van der Waals surface area contributed by atoms with E-state index in [0.717, 1.165) is 0 Å². The minimum absolute atomic E-state index is 0.256. The number of fused-ring (bicyclic) bond motifs is 1. The molecule has 108 valence electrons. The number of ether oxygens (including phenoxy) is 1. The van der Waals surface area contributed by atoms with Crippen molar-refractivity contribution in [1.29, 1.82) is 0 Å². The topological polar surface area (TPSA) is 80.4 Å². The number of halogens is 2. The first-order valence-electron chi connectivity index (χ1n) is 6.07. The molecule has 3 heterocycles. The molecular weight excluding hydrogens is 289 g/mol. The third-order valence-corrected chi connectivity index (χ3v) is 3.91. The number of alkyl halides is 1. The summed E-state index contributed by atoms with van der Waals surface area (Å²) in [4.78, 5) is 7.91. The highest BCUT2D eigenvalue weighted by Crippen LogP contribution is 2.42. The zero-order valence-corrected chi connectivity index (χ0v) is 11.3. The molecule has 1 aliphatic rings. The van der Waals surface area contributed by atoms with Crippen molar-refractivity contribution in [2.24, 2.45) is 0 Å². The molecule has 3 rings (SSSR count). The summed E-state index contributed by atoms with van der Waals surface area (Å²) in [6.07, 6.45) is -0.665. The highest BCUT2D eigenvalue weighted by atomic mass is 35.5. The number of hydrogen-bond acceptors (Lipinski definition) is 5. The van der Waals surface area contributed by atoms with Crippen molar-refractivity contribution in [3.63, 3.8) is 0 Å². The smallest absolute Gasteiger partial charge is 0.181 e. The Bertz CT molecular complexity index is 648. The van der Waals surface area contributed by atoms with Gasteiger partial charge in [0.15, 0.2) is 11.9 Å². The lowest BCUT2D eigenvalue weighted by Crippen LogP contribution is -2.40. The van der Waals surface area contributed by atoms with E-state index < -0.39 is 30.7 Å². The van der Waals surface area contributed by atoms with Gasteiger partial charge in [0, 0.05) is 6.20 Å². The monoisotopic (exact) mass is 301 g/mol. The van der Waals surface area contributed by atoms with Crippen LogP contribution in [0.25, 0.3) is 11.0 Å². The van der Waals surface area contributed by atoms with E-state index in [-0.39, 0.29) is 5.15 Å². The SMILES string of the molecule is CC1(F)[C@@H](O)[C@@H](CO)O[C@H]1n1ccc2c(Cl)ncnc21. The Hall–Kier alpha value is -1.28. The maximum atomic E-state index is 14.7. The van der Waals surface area contributed by atoms with Crippen molar-refractivity contribution in [2.75, 3.05) is 6.61 Å². The Morgan fingerprint density at radius 2 is 2.30 bits per heavy atom. The van der Waals surface area contributed by atoms with E-state index in [1.807, 2.05) is 0 Å². The summed E-state index contributed by atoms with van der Waals surface area (Å²) in [6.45, 7) is 0.763. The van der Waals surface area contributed by atoms with Crippen molar-refractivity contribution in [3.05, 3.63) is 23.7 Å². The molecule has 0 spiro atoms. The van der Waals surface area contributed by atoms with Crippen LogP contribution in [0.2, 0.25) is 5.15 Å². The quantitative estimate of drug-likeness (QED) is 0.811. The molecule has 1 fully saturated rings. The summed E-state index contributed by atoms with van der Waals surface area (Å²) in [5, 5.41) is 19.8. The van der Waals surface area contributed by atoms with Crippen molar-refractivity contribution in [1.82, 2.24) is 14.5 Å². The van der Waals surface area contributed by atoms with E-state index in [2.05, 4.69) is 9.97 Å². The van der Waals surface area contributed by atoms with Gasteiger partial charge in [-0.3, -0.25) is 0 Å². The predicted molar refractivity (Wildman–Crippen MR) is 69.1 cm³/mol. The minimum Gasteiger partial charge on any atom is -0.394 e. The molecule has 0 aliphatic carbocycles. The molecule has 2 aromatic heterocycles. The molecule has 1 saturated heterocycles. The number of aliphatic hydroxyl groups excluding tert-OH is 2. The first kappa shape index (κ1) is 13.7. The van der Waals surface area contributed by atoms with Gasteiger partial charge in [0.05, 0.1) is 12.0 Å². The van der Waals surface area contributed by atoms with Crippen LogP contribution >= 0.6 is 11.6 Å². The third kappa shape index (κ3) is 1.81. The normalized spacial score (nSPS) is 34.0. The number of rotatable bonds is 2. The summed E-state index contributed by atoms with van der Waals surface area (Å²) in [5.74, 6) is 0. The zero-order valence-electron chi connectivity index (χ0n) is 10.6. The van der Waals surface area contributed by atoms with E-state index >= 15 is 0 Å². The van der Waals surface area contributed by atoms with Crippen LogP contribution in [-0.4, -0.2) is 49.2 Å². The number of hydrogen-bond donors (Lipinski definition) is 2. The van der Waals surface area contributed by atoms with Crippen LogP contribution in [0, 0.1) is 0 Å². The molecular formula is C12H13ClFN3O3. The van der Waals surface area contributed by atoms with E-state index in [1.165, 1.54) is 17.8 Å². The van der Waals surface area contributed by atoms with E-state index in [9.17, 15) is 9.50 Å². The van der Waals surface area contributed by atoms with Crippen LogP contribution < -0.4 is 0 Å². The molecule has 0 bridgehead atoms. The van der Waals surface area contributed by atoms with Gasteiger partial charge in [-0.15, -0.1) is 0 Å². The van der Waals surface area contributed by atoms with Gasteiger partial charge < -0.3 is 19.5 Å². The van der Waals surface area contributed by atoms with Crippen LogP contribution in [0.3, 0.4) is 0 Å². The van der Waals surface area contributed by atoms with E-state index in [1.54, 1.807) is 12.3 Å². The van der Waals surface area contributed by atoms with Crippen molar-refractivity contribution >= 4 is 22.6 Å². The highest BCUT2D eigenvalue weighted by molar-refractivity contribution is 6.33. The summed E-state index contributed by atoms with van der Waals surface area (Å²) in [6, 6.07) is 1.65. The molecule has 0 radical (unpaired) electrons. The lowest BCUT2D eigenvalue weighted by Gasteiger charge is -2.25. The molecule has 2 N–H and O–H groups in total. The molecule has 6 nitrogen and oxygen atoms in total. The number of aromatic nitrogens is 3. The summed E-state index contributed by atoms with van der Waals surface area (Å²) < 4.78 is 21.6. The third-order valence-electron chi connectivity index (χ3n) is 3.61. The highest BCUT2D eigenvalue weighted by Gasteiger charge is 2.54. The van der Waals surface area contributed by atoms with Crippen LogP contribution in [0.1, 0.15) is 13.2 Å². The number of nitrogens with zero attached hydrogens (tertiary/aromatic N) is 3. The number of aliphatic hydroxyl groups is 2. The Morgan fingerprint density at radius 1 is 1.55 bits per heavy atom. The molecule has 0 saturated carbocycles. The first-order valence-corrected chi connectivity index (χ1v) is 6.45. The fourth-order valence-electron chi connectivity index (χ4n) is 2.49. The van der Waals surface area contributed by atoms with Crippen LogP contribution in [-0.2, 0) is 4.74 Å². The van der Waals surface area contributed by atoms with Gasteiger partial charge in [0.25, 0.3) is 0 Å². The van der Waals surface area contributed by atoms with Gasteiger partial charge in [0.2, 0.25) is 0 Å². The van der Waals surface area contributed by atoms with Crippen LogP contribution in [0.4, 0.5) is 4.39 Å². The fraction of sp³-hybridized carbons (Fsp3) is 0.500. The maximum Gasteiger partial charge on any atom is 0.181 e. The molecule has 4 atom stereocenters. The Balaban J connectivity index is 2.10. The summed E-state index contributed by atoms with van der Waals surface area (Å²) in [7, 11) is 0. The van der Waals surface area contributed by atoms with Crippen LogP contribution in [0.15, 0.2) is 18.6 Å². The largest absolute Gasteiger partial charge is 0.394 e. The zero-order chi connectivity index (χ0) is 14.5. The fourth-order valence-corrected chi connectivity index (χ4v) is 2.68. The summed E-state index contributed by atoms with van der Waals surface area (Å²) in [5.41, 5.74) is -1.65. The van der Waals surface area contributed by atoms with Gasteiger partial charge in [0.1, 0.15) is 29.3 Å². The lowest BCUT2D eigenvalue weighted by atomic mass is 9.98. The second-order valence-electron chi connectivity index (χ2n) is 4.93. The van der Waals surface area contributed by atoms with Crippen LogP contribution in [0.5, 0.6) is 0 Å². The van der Waals surface area contributed by atoms with Gasteiger partial charge in [-0.05, 0) is 13.0 Å². The standard InChI is InChI=1S/C12H13ClFN3O3/c1-12(14)8(19)7(4-18)20-11(12)17-3-2-6-9(13)15-5-16-10(6)17/h2-3,5,7-8,11,18-19H,4H2,1H3/t7-,8+,11-,12?/m1/s1. The molecule has 1 unspecified atom stereocenters. The molecule has 20 heavy (non-hydrogen) atoms. The average molecular weight is 302 g/mol. The average Bonchev–Trinajstić information content (AvgIpc) is 2.92. The van der Waals surface area contributed by atoms with Gasteiger partial charge in [-0.25, -0.2) is 14.4 Å². The molecule has 2 aromatic rings. The van der Waals surface area contributed by atoms with Crippen molar-refractivity contribution in [2.45, 2.75) is 31.0 Å². The van der Waals surface area contributed by atoms with Gasteiger partial charge in [-0.2, -0.15) is 0 Å². The first-order chi connectivity index (χ1) is 9.46. The Morgan fingerprint density at radius 3 is 2.95 bits per heavy atom. The Kier molecular flexibility index (Phi) is 3.17. The molecule has 1 aliphatic heterocycles. The molecule has 0 amide bonds. The second-order valence-corrected chi connectivity index (χ2v) is 5.29. The molecule has 8 heteroatoms. The van der Waals surface area contributed by atoms with Crippen molar-refractivity contribution in [3.8, 4) is 0 Å². The Labute approximate surface area is 118 Å². The van der Waals surface area contributed by atoms with Gasteiger partial charge >= 0.3 is 0 Å². The van der Waals surface area contributed by atoms with Crippen molar-refractivity contribution < 1.29 is 19.3 Å². The second kappa shape index (κ2) is 4.63. The minimum atomic E-state index is -2.06. The lowest BCUT2D eigenvalue weighted by molar-refractivity contribution is -0.0564. The maximum absolute atomic E-state index is 14.7. The molecule has 0 aromatic carbocycles.